The van der Waals surface area contributed by atoms with Crippen molar-refractivity contribution in [1.82, 2.24) is 5.32 Å². The van der Waals surface area contributed by atoms with Gasteiger partial charge in [-0.1, -0.05) is 80.9 Å². The molecule has 0 saturated heterocycles. The van der Waals surface area contributed by atoms with Crippen LogP contribution in [0.3, 0.4) is 0 Å². The number of hydrogen-bond acceptors (Lipinski definition) is 1. The van der Waals surface area contributed by atoms with E-state index in [1.807, 2.05) is 6.07 Å². The summed E-state index contributed by atoms with van der Waals surface area (Å²) in [5.74, 6) is 0. The van der Waals surface area contributed by atoms with Crippen molar-refractivity contribution in [3.05, 3.63) is 71.8 Å². The van der Waals surface area contributed by atoms with Crippen molar-refractivity contribution in [2.45, 2.75) is 33.2 Å². The van der Waals surface area contributed by atoms with Gasteiger partial charge in [-0.25, -0.2) is 0 Å². The Morgan fingerprint density at radius 1 is 0.737 bits per heavy atom. The van der Waals surface area contributed by atoms with Crippen LogP contribution in [0.25, 0.3) is 0 Å². The van der Waals surface area contributed by atoms with Crippen molar-refractivity contribution in [2.24, 2.45) is 0 Å². The fourth-order valence-corrected chi connectivity index (χ4v) is 1.71. The van der Waals surface area contributed by atoms with E-state index in [-0.39, 0.29) is 0 Å². The zero-order valence-corrected chi connectivity index (χ0v) is 12.1. The van der Waals surface area contributed by atoms with Gasteiger partial charge in [-0.3, -0.25) is 0 Å². The van der Waals surface area contributed by atoms with Gasteiger partial charge in [-0.15, -0.1) is 0 Å². The largest absolute Gasteiger partial charge is 0.312 e. The molecule has 0 fully saturated rings. The summed E-state index contributed by atoms with van der Waals surface area (Å²) in [5.41, 5.74) is 2.73. The Morgan fingerprint density at radius 2 is 1.21 bits per heavy atom. The molecule has 102 valence electrons. The van der Waals surface area contributed by atoms with Gasteiger partial charge < -0.3 is 5.32 Å². The van der Waals surface area contributed by atoms with Gasteiger partial charge in [0.2, 0.25) is 0 Å². The summed E-state index contributed by atoms with van der Waals surface area (Å²) in [6.07, 6.45) is 2.34. The van der Waals surface area contributed by atoms with E-state index in [1.54, 1.807) is 0 Å². The SMILES string of the molecule is CCC.c1ccc(CCNCc2ccccc2)cc1. The maximum absolute atomic E-state index is 3.45. The first-order valence-corrected chi connectivity index (χ1v) is 7.15. The number of rotatable bonds is 5. The van der Waals surface area contributed by atoms with Gasteiger partial charge in [0.25, 0.3) is 0 Å². The molecule has 1 heteroatoms. The van der Waals surface area contributed by atoms with E-state index in [1.165, 1.54) is 17.5 Å². The highest BCUT2D eigenvalue weighted by atomic mass is 14.8. The minimum absolute atomic E-state index is 0.952. The molecule has 0 spiro atoms. The van der Waals surface area contributed by atoms with Crippen LogP contribution in [-0.4, -0.2) is 6.54 Å². The predicted octanol–water partition coefficient (Wildman–Crippen LogP) is 4.44. The van der Waals surface area contributed by atoms with Crippen molar-refractivity contribution in [1.29, 1.82) is 0 Å². The first-order valence-electron chi connectivity index (χ1n) is 7.15. The fraction of sp³-hybridized carbons (Fsp3) is 0.333. The second-order valence-corrected chi connectivity index (χ2v) is 4.61. The van der Waals surface area contributed by atoms with E-state index < -0.39 is 0 Å². The van der Waals surface area contributed by atoms with Crippen LogP contribution in [0.1, 0.15) is 31.4 Å². The van der Waals surface area contributed by atoms with Gasteiger partial charge in [-0.05, 0) is 24.1 Å². The summed E-state index contributed by atoms with van der Waals surface area (Å²) >= 11 is 0. The topological polar surface area (TPSA) is 12.0 Å². The van der Waals surface area contributed by atoms with Crippen LogP contribution in [-0.2, 0) is 13.0 Å². The summed E-state index contributed by atoms with van der Waals surface area (Å²) in [4.78, 5) is 0. The van der Waals surface area contributed by atoms with Crippen molar-refractivity contribution in [3.8, 4) is 0 Å². The molecular formula is C18H25N. The van der Waals surface area contributed by atoms with Crippen LogP contribution in [0, 0.1) is 0 Å². The molecule has 0 unspecified atom stereocenters. The number of benzene rings is 2. The van der Waals surface area contributed by atoms with E-state index in [2.05, 4.69) is 73.8 Å². The van der Waals surface area contributed by atoms with Crippen LogP contribution in [0.2, 0.25) is 0 Å². The highest BCUT2D eigenvalue weighted by Crippen LogP contribution is 2.00. The van der Waals surface area contributed by atoms with E-state index in [4.69, 9.17) is 0 Å². The van der Waals surface area contributed by atoms with Crippen LogP contribution < -0.4 is 5.32 Å². The lowest BCUT2D eigenvalue weighted by atomic mass is 10.1. The Labute approximate surface area is 117 Å². The molecule has 1 N–H and O–H groups in total. The van der Waals surface area contributed by atoms with Crippen molar-refractivity contribution in [2.75, 3.05) is 6.54 Å². The van der Waals surface area contributed by atoms with Crippen LogP contribution >= 0.6 is 0 Å². The van der Waals surface area contributed by atoms with Crippen LogP contribution in [0.15, 0.2) is 60.7 Å². The molecule has 2 aromatic rings. The summed E-state index contributed by atoms with van der Waals surface area (Å²) < 4.78 is 0. The minimum atomic E-state index is 0.952. The molecular weight excluding hydrogens is 230 g/mol. The Morgan fingerprint density at radius 3 is 1.74 bits per heavy atom. The third-order valence-electron chi connectivity index (χ3n) is 2.61. The summed E-state index contributed by atoms with van der Waals surface area (Å²) in [5, 5.41) is 3.45. The van der Waals surface area contributed by atoms with Gasteiger partial charge >= 0.3 is 0 Å². The predicted molar refractivity (Wildman–Crippen MR) is 84.3 cm³/mol. The lowest BCUT2D eigenvalue weighted by molar-refractivity contribution is 0.687. The molecule has 0 saturated carbocycles. The fourth-order valence-electron chi connectivity index (χ4n) is 1.71. The molecule has 0 heterocycles. The van der Waals surface area contributed by atoms with Crippen molar-refractivity contribution in [3.63, 3.8) is 0 Å². The smallest absolute Gasteiger partial charge is 0.0205 e. The van der Waals surface area contributed by atoms with E-state index in [9.17, 15) is 0 Å². The van der Waals surface area contributed by atoms with Gasteiger partial charge in [0, 0.05) is 6.54 Å². The van der Waals surface area contributed by atoms with Gasteiger partial charge in [0.05, 0.1) is 0 Å². The van der Waals surface area contributed by atoms with Crippen molar-refractivity contribution < 1.29 is 0 Å². The monoisotopic (exact) mass is 255 g/mol. The Hall–Kier alpha value is -1.60. The second-order valence-electron chi connectivity index (χ2n) is 4.61. The van der Waals surface area contributed by atoms with Gasteiger partial charge in [-0.2, -0.15) is 0 Å². The molecule has 0 atom stereocenters. The molecule has 2 aromatic carbocycles. The van der Waals surface area contributed by atoms with Crippen molar-refractivity contribution >= 4 is 0 Å². The lowest BCUT2D eigenvalue weighted by Crippen LogP contribution is -2.16. The zero-order chi connectivity index (χ0) is 13.8. The second kappa shape index (κ2) is 10.3. The van der Waals surface area contributed by atoms with Gasteiger partial charge in [0.15, 0.2) is 0 Å². The van der Waals surface area contributed by atoms with E-state index in [0.29, 0.717) is 0 Å². The molecule has 0 aliphatic heterocycles. The van der Waals surface area contributed by atoms with Gasteiger partial charge in [0.1, 0.15) is 0 Å². The first kappa shape index (κ1) is 15.5. The summed E-state index contributed by atoms with van der Waals surface area (Å²) in [6.45, 7) is 6.23. The third kappa shape index (κ3) is 7.43. The molecule has 0 aliphatic rings. The summed E-state index contributed by atoms with van der Waals surface area (Å²) in [6, 6.07) is 21.1. The molecule has 0 radical (unpaired) electrons. The highest BCUT2D eigenvalue weighted by Gasteiger charge is 1.92. The van der Waals surface area contributed by atoms with E-state index in [0.717, 1.165) is 19.5 Å². The Kier molecular flexibility index (Phi) is 8.41. The minimum Gasteiger partial charge on any atom is -0.312 e. The Bertz CT molecular complexity index is 367. The molecule has 1 nitrogen and oxygen atoms in total. The number of nitrogens with one attached hydrogen (secondary N) is 1. The Balaban J connectivity index is 0.000000550. The standard InChI is InChI=1S/C15H17N.C3H8/c1-3-7-14(8-4-1)11-12-16-13-15-9-5-2-6-10-15;1-3-2/h1-10,16H,11-13H2;3H2,1-2H3. The maximum Gasteiger partial charge on any atom is 0.0205 e. The molecule has 19 heavy (non-hydrogen) atoms. The normalized spacial score (nSPS) is 9.58. The first-order chi connectivity index (χ1) is 9.36. The molecule has 0 bridgehead atoms. The van der Waals surface area contributed by atoms with Crippen LogP contribution in [0.5, 0.6) is 0 Å². The molecule has 0 aliphatic carbocycles. The summed E-state index contributed by atoms with van der Waals surface area (Å²) in [7, 11) is 0. The molecule has 0 aromatic heterocycles. The maximum atomic E-state index is 3.45. The quantitative estimate of drug-likeness (QED) is 0.779. The van der Waals surface area contributed by atoms with Crippen LogP contribution in [0.4, 0.5) is 0 Å². The third-order valence-corrected chi connectivity index (χ3v) is 2.61. The average Bonchev–Trinajstić information content (AvgIpc) is 2.47. The highest BCUT2D eigenvalue weighted by molar-refractivity contribution is 5.16. The molecule has 0 amide bonds. The average molecular weight is 255 g/mol. The zero-order valence-electron chi connectivity index (χ0n) is 12.1. The number of hydrogen-bond donors (Lipinski definition) is 1. The lowest BCUT2D eigenvalue weighted by Gasteiger charge is -2.04. The molecule has 2 rings (SSSR count). The van der Waals surface area contributed by atoms with E-state index >= 15 is 0 Å².